The molecule has 1 saturated carbocycles. The lowest BCUT2D eigenvalue weighted by Gasteiger charge is -2.20. The van der Waals surface area contributed by atoms with E-state index in [2.05, 4.69) is 29.5 Å². The van der Waals surface area contributed by atoms with Crippen LogP contribution in [0.25, 0.3) is 0 Å². The van der Waals surface area contributed by atoms with Crippen LogP contribution < -0.4 is 5.32 Å². The van der Waals surface area contributed by atoms with Crippen molar-refractivity contribution in [2.24, 2.45) is 11.8 Å². The molecule has 19 heavy (non-hydrogen) atoms. The predicted molar refractivity (Wildman–Crippen MR) is 71.0 cm³/mol. The summed E-state index contributed by atoms with van der Waals surface area (Å²) in [6.07, 6.45) is 5.26. The molecule has 1 aromatic rings. The van der Waals surface area contributed by atoms with Crippen molar-refractivity contribution < 1.29 is 9.90 Å². The molecule has 2 N–H and O–H groups in total. The van der Waals surface area contributed by atoms with Crippen molar-refractivity contribution in [1.82, 2.24) is 20.3 Å². The standard InChI is InChI=1S/C13H22N4O2/c1-3-10-4-5-11(9(10)2)14-6-7-17-8-12(13(18)19)15-16-17/h8-11,14H,3-7H2,1-2H3,(H,18,19). The summed E-state index contributed by atoms with van der Waals surface area (Å²) in [7, 11) is 0. The second-order valence-corrected chi connectivity index (χ2v) is 5.34. The number of hydrogen-bond acceptors (Lipinski definition) is 4. The third-order valence-electron chi connectivity index (χ3n) is 4.26. The van der Waals surface area contributed by atoms with Crippen LogP contribution in [-0.4, -0.2) is 38.7 Å². The SMILES string of the molecule is CCC1CCC(NCCn2cc(C(=O)O)nn2)C1C. The highest BCUT2D eigenvalue weighted by Gasteiger charge is 2.30. The lowest BCUT2D eigenvalue weighted by Crippen LogP contribution is -2.35. The molecule has 6 nitrogen and oxygen atoms in total. The van der Waals surface area contributed by atoms with Gasteiger partial charge in [-0.15, -0.1) is 5.10 Å². The van der Waals surface area contributed by atoms with Gasteiger partial charge in [0.1, 0.15) is 0 Å². The Balaban J connectivity index is 1.76. The zero-order valence-corrected chi connectivity index (χ0v) is 11.5. The maximum Gasteiger partial charge on any atom is 0.358 e. The van der Waals surface area contributed by atoms with Crippen molar-refractivity contribution in [2.75, 3.05) is 6.54 Å². The molecule has 0 aromatic carbocycles. The zero-order chi connectivity index (χ0) is 13.8. The fourth-order valence-corrected chi connectivity index (χ4v) is 2.98. The van der Waals surface area contributed by atoms with Crippen LogP contribution in [0, 0.1) is 11.8 Å². The Morgan fingerprint density at radius 2 is 2.37 bits per heavy atom. The minimum absolute atomic E-state index is 0.000261. The van der Waals surface area contributed by atoms with Crippen molar-refractivity contribution in [1.29, 1.82) is 0 Å². The molecule has 0 radical (unpaired) electrons. The first-order valence-corrected chi connectivity index (χ1v) is 6.98. The van der Waals surface area contributed by atoms with Gasteiger partial charge in [0.25, 0.3) is 0 Å². The van der Waals surface area contributed by atoms with Crippen LogP contribution in [0.2, 0.25) is 0 Å². The number of nitrogens with zero attached hydrogens (tertiary/aromatic N) is 3. The molecule has 1 aromatic heterocycles. The normalized spacial score (nSPS) is 26.7. The minimum atomic E-state index is -1.03. The van der Waals surface area contributed by atoms with Gasteiger partial charge in [-0.2, -0.15) is 0 Å². The highest BCUT2D eigenvalue weighted by Crippen LogP contribution is 2.33. The maximum absolute atomic E-state index is 10.7. The van der Waals surface area contributed by atoms with Crippen LogP contribution in [-0.2, 0) is 6.54 Å². The average molecular weight is 266 g/mol. The summed E-state index contributed by atoms with van der Waals surface area (Å²) in [4.78, 5) is 10.7. The molecule has 0 bridgehead atoms. The Labute approximate surface area is 113 Å². The number of carboxylic acid groups (broad SMARTS) is 1. The number of carbonyl (C=O) groups is 1. The Hall–Kier alpha value is -1.43. The van der Waals surface area contributed by atoms with Crippen LogP contribution >= 0.6 is 0 Å². The highest BCUT2D eigenvalue weighted by atomic mass is 16.4. The molecule has 1 aliphatic rings. The molecule has 1 fully saturated rings. The number of hydrogen-bond donors (Lipinski definition) is 2. The molecule has 0 amide bonds. The van der Waals surface area contributed by atoms with Gasteiger partial charge < -0.3 is 10.4 Å². The van der Waals surface area contributed by atoms with Crippen molar-refractivity contribution in [3.63, 3.8) is 0 Å². The predicted octanol–water partition coefficient (Wildman–Crippen LogP) is 1.39. The van der Waals surface area contributed by atoms with Gasteiger partial charge in [0.05, 0.1) is 12.7 Å². The van der Waals surface area contributed by atoms with Gasteiger partial charge in [0.2, 0.25) is 0 Å². The number of rotatable bonds is 6. The molecule has 3 unspecified atom stereocenters. The molecule has 2 rings (SSSR count). The van der Waals surface area contributed by atoms with E-state index in [1.54, 1.807) is 4.68 Å². The van der Waals surface area contributed by atoms with Gasteiger partial charge in [-0.3, -0.25) is 4.68 Å². The third-order valence-corrected chi connectivity index (χ3v) is 4.26. The first kappa shape index (κ1) is 14.0. The molecule has 1 heterocycles. The number of aromatic carboxylic acids is 1. The van der Waals surface area contributed by atoms with Gasteiger partial charge in [0, 0.05) is 12.6 Å². The summed E-state index contributed by atoms with van der Waals surface area (Å²) >= 11 is 0. The number of aromatic nitrogens is 3. The van der Waals surface area contributed by atoms with E-state index < -0.39 is 5.97 Å². The quantitative estimate of drug-likeness (QED) is 0.813. The average Bonchev–Trinajstić information content (AvgIpc) is 2.98. The van der Waals surface area contributed by atoms with E-state index in [-0.39, 0.29) is 5.69 Å². The van der Waals surface area contributed by atoms with E-state index >= 15 is 0 Å². The van der Waals surface area contributed by atoms with Gasteiger partial charge in [-0.25, -0.2) is 4.79 Å². The van der Waals surface area contributed by atoms with Gasteiger partial charge >= 0.3 is 5.97 Å². The topological polar surface area (TPSA) is 80.0 Å². The second kappa shape index (κ2) is 6.14. The molecule has 1 aliphatic carbocycles. The van der Waals surface area contributed by atoms with Crippen LogP contribution in [0.4, 0.5) is 0 Å². The van der Waals surface area contributed by atoms with Crippen molar-refractivity contribution in [3.8, 4) is 0 Å². The van der Waals surface area contributed by atoms with Gasteiger partial charge in [0.15, 0.2) is 5.69 Å². The minimum Gasteiger partial charge on any atom is -0.476 e. The molecule has 0 spiro atoms. The van der Waals surface area contributed by atoms with Crippen LogP contribution in [0.3, 0.4) is 0 Å². The number of nitrogens with one attached hydrogen (secondary N) is 1. The van der Waals surface area contributed by atoms with E-state index in [1.807, 2.05) is 0 Å². The molecule has 3 atom stereocenters. The van der Waals surface area contributed by atoms with Crippen molar-refractivity contribution in [3.05, 3.63) is 11.9 Å². The van der Waals surface area contributed by atoms with Gasteiger partial charge in [-0.1, -0.05) is 25.5 Å². The van der Waals surface area contributed by atoms with E-state index in [9.17, 15) is 4.79 Å². The largest absolute Gasteiger partial charge is 0.476 e. The van der Waals surface area contributed by atoms with E-state index in [0.717, 1.165) is 18.4 Å². The lowest BCUT2D eigenvalue weighted by atomic mass is 9.93. The van der Waals surface area contributed by atoms with E-state index in [4.69, 9.17) is 5.11 Å². The Morgan fingerprint density at radius 1 is 1.58 bits per heavy atom. The first-order valence-electron chi connectivity index (χ1n) is 6.98. The first-order chi connectivity index (χ1) is 9.11. The zero-order valence-electron chi connectivity index (χ0n) is 11.5. The van der Waals surface area contributed by atoms with Crippen LogP contribution in [0.1, 0.15) is 43.6 Å². The molecular weight excluding hydrogens is 244 g/mol. The summed E-state index contributed by atoms with van der Waals surface area (Å²) < 4.78 is 1.58. The lowest BCUT2D eigenvalue weighted by molar-refractivity contribution is 0.0690. The monoisotopic (exact) mass is 266 g/mol. The Morgan fingerprint density at radius 3 is 2.95 bits per heavy atom. The Kier molecular flexibility index (Phi) is 4.52. The summed E-state index contributed by atoms with van der Waals surface area (Å²) in [6.45, 7) is 6.03. The summed E-state index contributed by atoms with van der Waals surface area (Å²) in [6, 6.07) is 0.576. The molecule has 106 valence electrons. The highest BCUT2D eigenvalue weighted by molar-refractivity contribution is 5.84. The molecule has 6 heteroatoms. The molecular formula is C13H22N4O2. The van der Waals surface area contributed by atoms with Crippen LogP contribution in [0.5, 0.6) is 0 Å². The molecule has 0 saturated heterocycles. The van der Waals surface area contributed by atoms with Gasteiger partial charge in [-0.05, 0) is 24.7 Å². The second-order valence-electron chi connectivity index (χ2n) is 5.34. The van der Waals surface area contributed by atoms with Crippen molar-refractivity contribution in [2.45, 2.75) is 45.7 Å². The smallest absolute Gasteiger partial charge is 0.358 e. The number of carboxylic acids is 1. The fraction of sp³-hybridized carbons (Fsp3) is 0.769. The summed E-state index contributed by atoms with van der Waals surface area (Å²) in [5.41, 5.74) is 0.000261. The maximum atomic E-state index is 10.7. The molecule has 0 aliphatic heterocycles. The van der Waals surface area contributed by atoms with Crippen molar-refractivity contribution >= 4 is 5.97 Å². The third kappa shape index (κ3) is 3.32. The van der Waals surface area contributed by atoms with E-state index in [1.165, 1.54) is 25.5 Å². The summed E-state index contributed by atoms with van der Waals surface area (Å²) in [5, 5.41) is 19.7. The Bertz CT molecular complexity index is 432. The van der Waals surface area contributed by atoms with Crippen LogP contribution in [0.15, 0.2) is 6.20 Å². The fourth-order valence-electron chi connectivity index (χ4n) is 2.98. The van der Waals surface area contributed by atoms with E-state index in [0.29, 0.717) is 12.6 Å². The summed E-state index contributed by atoms with van der Waals surface area (Å²) in [5.74, 6) is 0.521.